The quantitative estimate of drug-likeness (QED) is 0.776. The Labute approximate surface area is 117 Å². The number of carbonyl (C=O) groups is 1. The van der Waals surface area contributed by atoms with Gasteiger partial charge in [-0.25, -0.2) is 9.18 Å². The number of aliphatic hydroxyl groups is 1. The van der Waals surface area contributed by atoms with E-state index >= 15 is 0 Å². The lowest BCUT2D eigenvalue weighted by atomic mass is 10.2. The molecule has 20 heavy (non-hydrogen) atoms. The van der Waals surface area contributed by atoms with Crippen LogP contribution >= 0.6 is 0 Å². The fourth-order valence-electron chi connectivity index (χ4n) is 2.20. The number of anilines is 1. The number of ether oxygens (including phenoxy) is 1. The third kappa shape index (κ3) is 4.09. The normalized spacial score (nSPS) is 15.1. The molecule has 0 unspecified atom stereocenters. The highest BCUT2D eigenvalue weighted by Crippen LogP contribution is 2.27. The molecule has 3 N–H and O–H groups in total. The van der Waals surface area contributed by atoms with Gasteiger partial charge in [0.1, 0.15) is 0 Å². The van der Waals surface area contributed by atoms with Crippen LogP contribution in [-0.2, 0) is 0 Å². The number of rotatable bonds is 5. The summed E-state index contributed by atoms with van der Waals surface area (Å²) >= 11 is 0. The first-order chi connectivity index (χ1) is 9.69. The van der Waals surface area contributed by atoms with Crippen LogP contribution in [0.3, 0.4) is 0 Å². The van der Waals surface area contributed by atoms with Crippen molar-refractivity contribution in [2.45, 2.75) is 31.8 Å². The second-order valence-corrected chi connectivity index (χ2v) is 4.77. The second-order valence-electron chi connectivity index (χ2n) is 4.77. The minimum absolute atomic E-state index is 0.0937. The summed E-state index contributed by atoms with van der Waals surface area (Å²) in [6.07, 6.45) is 4.26. The number of carbonyl (C=O) groups excluding carboxylic acids is 1. The molecule has 0 heterocycles. The number of urea groups is 1. The molecule has 1 aromatic rings. The van der Waals surface area contributed by atoms with E-state index in [1.807, 2.05) is 0 Å². The van der Waals surface area contributed by atoms with E-state index < -0.39 is 11.8 Å². The predicted octanol–water partition coefficient (Wildman–Crippen LogP) is 2.26. The van der Waals surface area contributed by atoms with E-state index in [9.17, 15) is 9.18 Å². The highest BCUT2D eigenvalue weighted by molar-refractivity contribution is 5.89. The van der Waals surface area contributed by atoms with Crippen molar-refractivity contribution in [3.8, 4) is 5.75 Å². The monoisotopic (exact) mass is 282 g/mol. The zero-order chi connectivity index (χ0) is 14.4. The maximum atomic E-state index is 13.9. The Morgan fingerprint density at radius 3 is 2.80 bits per heavy atom. The van der Waals surface area contributed by atoms with Crippen molar-refractivity contribution in [3.63, 3.8) is 0 Å². The maximum Gasteiger partial charge on any atom is 0.319 e. The van der Waals surface area contributed by atoms with E-state index in [-0.39, 0.29) is 25.0 Å². The Hall–Kier alpha value is -1.82. The van der Waals surface area contributed by atoms with Crippen molar-refractivity contribution in [2.75, 3.05) is 18.5 Å². The lowest BCUT2D eigenvalue weighted by Crippen LogP contribution is -2.30. The van der Waals surface area contributed by atoms with Gasteiger partial charge in [-0.05, 0) is 37.8 Å². The molecule has 1 saturated carbocycles. The Morgan fingerprint density at radius 2 is 2.15 bits per heavy atom. The molecule has 110 valence electrons. The van der Waals surface area contributed by atoms with Gasteiger partial charge in [-0.2, -0.15) is 0 Å². The number of halogens is 1. The van der Waals surface area contributed by atoms with Gasteiger partial charge in [0, 0.05) is 18.3 Å². The fraction of sp³-hybridized carbons (Fsp3) is 0.500. The molecule has 0 spiro atoms. The largest absolute Gasteiger partial charge is 0.487 e. The van der Waals surface area contributed by atoms with E-state index in [1.165, 1.54) is 12.1 Å². The first-order valence-electron chi connectivity index (χ1n) is 6.81. The molecular formula is C14H19FN2O3. The topological polar surface area (TPSA) is 70.6 Å². The number of benzene rings is 1. The fourth-order valence-corrected chi connectivity index (χ4v) is 2.20. The summed E-state index contributed by atoms with van der Waals surface area (Å²) in [5, 5.41) is 13.5. The highest BCUT2D eigenvalue weighted by Gasteiger charge is 2.18. The molecule has 1 aliphatic rings. The van der Waals surface area contributed by atoms with Crippen molar-refractivity contribution < 1.29 is 19.0 Å². The summed E-state index contributed by atoms with van der Waals surface area (Å²) in [5.41, 5.74) is 0.344. The Balaban J connectivity index is 1.92. The first kappa shape index (κ1) is 14.6. The van der Waals surface area contributed by atoms with Crippen LogP contribution in [0.5, 0.6) is 5.75 Å². The average Bonchev–Trinajstić information content (AvgIpc) is 2.92. The zero-order valence-electron chi connectivity index (χ0n) is 11.2. The van der Waals surface area contributed by atoms with Crippen LogP contribution in [0.4, 0.5) is 14.9 Å². The van der Waals surface area contributed by atoms with Gasteiger partial charge >= 0.3 is 6.03 Å². The van der Waals surface area contributed by atoms with E-state index in [2.05, 4.69) is 10.6 Å². The van der Waals surface area contributed by atoms with Crippen molar-refractivity contribution in [2.24, 2.45) is 0 Å². The predicted molar refractivity (Wildman–Crippen MR) is 73.4 cm³/mol. The van der Waals surface area contributed by atoms with Crippen molar-refractivity contribution in [3.05, 3.63) is 24.0 Å². The Kier molecular flexibility index (Phi) is 5.17. The molecule has 5 nitrogen and oxygen atoms in total. The minimum Gasteiger partial charge on any atom is -0.487 e. The van der Waals surface area contributed by atoms with Gasteiger partial charge in [0.25, 0.3) is 0 Å². The molecule has 0 aliphatic heterocycles. The number of hydrogen-bond donors (Lipinski definition) is 3. The Bertz CT molecular complexity index is 462. The van der Waals surface area contributed by atoms with Crippen LogP contribution < -0.4 is 15.4 Å². The van der Waals surface area contributed by atoms with Gasteiger partial charge in [0.15, 0.2) is 11.6 Å². The zero-order valence-corrected chi connectivity index (χ0v) is 11.2. The van der Waals surface area contributed by atoms with E-state index in [0.717, 1.165) is 25.7 Å². The summed E-state index contributed by atoms with van der Waals surface area (Å²) < 4.78 is 19.5. The first-order valence-corrected chi connectivity index (χ1v) is 6.81. The van der Waals surface area contributed by atoms with Crippen LogP contribution in [-0.4, -0.2) is 30.4 Å². The summed E-state index contributed by atoms with van der Waals surface area (Å²) in [7, 11) is 0. The minimum atomic E-state index is -0.489. The van der Waals surface area contributed by atoms with E-state index in [1.54, 1.807) is 6.07 Å². The van der Waals surface area contributed by atoms with Crippen LogP contribution in [0.2, 0.25) is 0 Å². The number of aliphatic hydroxyl groups excluding tert-OH is 1. The molecule has 0 atom stereocenters. The van der Waals surface area contributed by atoms with Gasteiger partial charge in [-0.1, -0.05) is 0 Å². The van der Waals surface area contributed by atoms with Gasteiger partial charge < -0.3 is 20.5 Å². The molecule has 1 aliphatic carbocycles. The summed E-state index contributed by atoms with van der Waals surface area (Å²) in [6.45, 7) is 0.00708. The van der Waals surface area contributed by atoms with Gasteiger partial charge in [-0.15, -0.1) is 0 Å². The smallest absolute Gasteiger partial charge is 0.319 e. The third-order valence-corrected chi connectivity index (χ3v) is 3.18. The molecule has 0 bridgehead atoms. The summed E-state index contributed by atoms with van der Waals surface area (Å²) in [5.74, 6) is -0.268. The lowest BCUT2D eigenvalue weighted by molar-refractivity contribution is 0.201. The number of nitrogens with one attached hydrogen (secondary N) is 2. The molecule has 0 radical (unpaired) electrons. The summed E-state index contributed by atoms with van der Waals surface area (Å²) in [6, 6.07) is 3.85. The third-order valence-electron chi connectivity index (χ3n) is 3.18. The van der Waals surface area contributed by atoms with Crippen LogP contribution in [0.1, 0.15) is 25.7 Å². The highest BCUT2D eigenvalue weighted by atomic mass is 19.1. The SMILES string of the molecule is O=C(NCCO)Nc1ccc(OC2CCCC2)c(F)c1. The molecule has 2 amide bonds. The van der Waals surface area contributed by atoms with Gasteiger partial charge in [0.2, 0.25) is 0 Å². The van der Waals surface area contributed by atoms with Gasteiger partial charge in [-0.3, -0.25) is 0 Å². The average molecular weight is 282 g/mol. The molecule has 0 aromatic heterocycles. The number of hydrogen-bond acceptors (Lipinski definition) is 3. The lowest BCUT2D eigenvalue weighted by Gasteiger charge is -2.14. The second kappa shape index (κ2) is 7.09. The van der Waals surface area contributed by atoms with Crippen molar-refractivity contribution in [1.29, 1.82) is 0 Å². The van der Waals surface area contributed by atoms with Gasteiger partial charge in [0.05, 0.1) is 12.7 Å². The van der Waals surface area contributed by atoms with Crippen molar-refractivity contribution >= 4 is 11.7 Å². The molecule has 1 fully saturated rings. The standard InChI is InChI=1S/C14H19FN2O3/c15-12-9-10(17-14(19)16-7-8-18)5-6-13(12)20-11-3-1-2-4-11/h5-6,9,11,18H,1-4,7-8H2,(H2,16,17,19). The van der Waals surface area contributed by atoms with E-state index in [4.69, 9.17) is 9.84 Å². The molecule has 0 saturated heterocycles. The van der Waals surface area contributed by atoms with E-state index in [0.29, 0.717) is 5.69 Å². The molecule has 2 rings (SSSR count). The van der Waals surface area contributed by atoms with Crippen LogP contribution in [0.25, 0.3) is 0 Å². The molecule has 1 aromatic carbocycles. The molecular weight excluding hydrogens is 263 g/mol. The van der Waals surface area contributed by atoms with Crippen LogP contribution in [0, 0.1) is 5.82 Å². The number of amides is 2. The molecule has 6 heteroatoms. The van der Waals surface area contributed by atoms with Crippen molar-refractivity contribution in [1.82, 2.24) is 5.32 Å². The Morgan fingerprint density at radius 1 is 1.40 bits per heavy atom. The van der Waals surface area contributed by atoms with Crippen LogP contribution in [0.15, 0.2) is 18.2 Å². The maximum absolute atomic E-state index is 13.9. The summed E-state index contributed by atoms with van der Waals surface area (Å²) in [4.78, 5) is 11.4.